The maximum Gasteiger partial charge on any atom is 0.226 e. The first-order valence-corrected chi connectivity index (χ1v) is 7.54. The summed E-state index contributed by atoms with van der Waals surface area (Å²) in [5.74, 6) is 1.32. The molecule has 2 aliphatic heterocycles. The normalized spacial score (nSPS) is 21.0. The minimum atomic E-state index is 0.0970. The van der Waals surface area contributed by atoms with Gasteiger partial charge in [-0.05, 0) is 19.4 Å². The quantitative estimate of drug-likeness (QED) is 0.852. The summed E-state index contributed by atoms with van der Waals surface area (Å²) < 4.78 is 2.01. The van der Waals surface area contributed by atoms with Crippen LogP contribution in [0.15, 0.2) is 12.3 Å². The molecule has 110 valence electrons. The van der Waals surface area contributed by atoms with Crippen molar-refractivity contribution < 1.29 is 4.79 Å². The average Bonchev–Trinajstić information content (AvgIpc) is 3.09. The van der Waals surface area contributed by atoms with Crippen LogP contribution in [0.1, 0.15) is 29.3 Å². The van der Waals surface area contributed by atoms with Crippen molar-refractivity contribution in [1.82, 2.24) is 24.6 Å². The Kier molecular flexibility index (Phi) is 2.83. The first-order chi connectivity index (χ1) is 10.2. The number of rotatable bonds is 1. The SMILES string of the molecule is Cc1nc2c([nH]1)CN(C(=O)C1CCn3nccc3C1)CC2. The van der Waals surface area contributed by atoms with Crippen LogP contribution in [0.25, 0.3) is 0 Å². The minimum Gasteiger partial charge on any atom is -0.344 e. The summed E-state index contributed by atoms with van der Waals surface area (Å²) in [7, 11) is 0. The van der Waals surface area contributed by atoms with Crippen LogP contribution in [0.5, 0.6) is 0 Å². The summed E-state index contributed by atoms with van der Waals surface area (Å²) in [5.41, 5.74) is 3.40. The monoisotopic (exact) mass is 285 g/mol. The molecule has 1 amide bonds. The molecular weight excluding hydrogens is 266 g/mol. The molecule has 21 heavy (non-hydrogen) atoms. The van der Waals surface area contributed by atoms with E-state index in [2.05, 4.69) is 15.1 Å². The molecule has 2 aromatic rings. The van der Waals surface area contributed by atoms with Crippen LogP contribution in [0.2, 0.25) is 0 Å². The molecule has 0 spiro atoms. The van der Waals surface area contributed by atoms with E-state index in [0.29, 0.717) is 6.54 Å². The van der Waals surface area contributed by atoms with Gasteiger partial charge in [-0.1, -0.05) is 0 Å². The summed E-state index contributed by atoms with van der Waals surface area (Å²) in [4.78, 5) is 22.5. The molecule has 2 aromatic heterocycles. The van der Waals surface area contributed by atoms with Gasteiger partial charge < -0.3 is 9.88 Å². The topological polar surface area (TPSA) is 66.8 Å². The Hall–Kier alpha value is -2.11. The molecule has 1 atom stereocenters. The lowest BCUT2D eigenvalue weighted by molar-refractivity contribution is -0.137. The molecule has 4 rings (SSSR count). The van der Waals surface area contributed by atoms with E-state index in [1.807, 2.05) is 28.8 Å². The standard InChI is InChI=1S/C15H19N5O/c1-10-17-13-4-6-19(9-14(13)18-10)15(21)11-3-7-20-12(8-11)2-5-16-20/h2,5,11H,3-4,6-9H2,1H3,(H,17,18). The maximum absolute atomic E-state index is 12.8. The number of amides is 1. The fourth-order valence-electron chi connectivity index (χ4n) is 3.46. The number of nitrogens with zero attached hydrogens (tertiary/aromatic N) is 4. The lowest BCUT2D eigenvalue weighted by atomic mass is 9.94. The molecule has 0 radical (unpaired) electrons. The molecule has 0 aromatic carbocycles. The fourth-order valence-corrected chi connectivity index (χ4v) is 3.46. The Bertz CT molecular complexity index is 686. The number of hydrogen-bond acceptors (Lipinski definition) is 3. The van der Waals surface area contributed by atoms with Gasteiger partial charge in [-0.15, -0.1) is 0 Å². The van der Waals surface area contributed by atoms with Crippen LogP contribution in [0.3, 0.4) is 0 Å². The first-order valence-electron chi connectivity index (χ1n) is 7.54. The Labute approximate surface area is 123 Å². The molecule has 6 nitrogen and oxygen atoms in total. The summed E-state index contributed by atoms with van der Waals surface area (Å²) >= 11 is 0. The van der Waals surface area contributed by atoms with Gasteiger partial charge in [0, 0.05) is 43.7 Å². The molecule has 2 aliphatic rings. The molecule has 1 N–H and O–H groups in total. The summed E-state index contributed by atoms with van der Waals surface area (Å²) in [6.07, 6.45) is 4.38. The lowest BCUT2D eigenvalue weighted by Crippen LogP contribution is -2.42. The van der Waals surface area contributed by atoms with Crippen LogP contribution >= 0.6 is 0 Å². The summed E-state index contributed by atoms with van der Waals surface area (Å²) in [6, 6.07) is 2.02. The van der Waals surface area contributed by atoms with Crippen LogP contribution in [0, 0.1) is 12.8 Å². The largest absolute Gasteiger partial charge is 0.344 e. The summed E-state index contributed by atoms with van der Waals surface area (Å²) in [6.45, 7) is 4.27. The van der Waals surface area contributed by atoms with E-state index in [1.54, 1.807) is 0 Å². The van der Waals surface area contributed by atoms with Gasteiger partial charge in [0.1, 0.15) is 5.82 Å². The van der Waals surface area contributed by atoms with Crippen LogP contribution < -0.4 is 0 Å². The third kappa shape index (κ3) is 2.14. The van der Waals surface area contributed by atoms with E-state index >= 15 is 0 Å². The van der Waals surface area contributed by atoms with Gasteiger partial charge in [0.2, 0.25) is 5.91 Å². The number of fused-ring (bicyclic) bond motifs is 2. The van der Waals surface area contributed by atoms with E-state index in [9.17, 15) is 4.79 Å². The van der Waals surface area contributed by atoms with Crippen molar-refractivity contribution in [3.05, 3.63) is 35.2 Å². The van der Waals surface area contributed by atoms with Gasteiger partial charge in [0.25, 0.3) is 0 Å². The number of nitrogens with one attached hydrogen (secondary N) is 1. The molecule has 0 aliphatic carbocycles. The van der Waals surface area contributed by atoms with E-state index in [4.69, 9.17) is 0 Å². The van der Waals surface area contributed by atoms with E-state index < -0.39 is 0 Å². The van der Waals surface area contributed by atoms with Gasteiger partial charge in [-0.2, -0.15) is 5.10 Å². The molecule has 0 bridgehead atoms. The highest BCUT2D eigenvalue weighted by Crippen LogP contribution is 2.24. The van der Waals surface area contributed by atoms with E-state index in [-0.39, 0.29) is 11.8 Å². The fraction of sp³-hybridized carbons (Fsp3) is 0.533. The molecule has 0 fully saturated rings. The number of imidazole rings is 1. The first kappa shape index (κ1) is 12.6. The van der Waals surface area contributed by atoms with Crippen LogP contribution in [-0.2, 0) is 30.7 Å². The molecular formula is C15H19N5O. The van der Waals surface area contributed by atoms with Crippen molar-refractivity contribution >= 4 is 5.91 Å². The number of hydrogen-bond donors (Lipinski definition) is 1. The van der Waals surface area contributed by atoms with E-state index in [1.165, 1.54) is 5.69 Å². The van der Waals surface area contributed by atoms with Gasteiger partial charge in [-0.3, -0.25) is 9.48 Å². The second kappa shape index (κ2) is 4.72. The molecule has 0 saturated heterocycles. The van der Waals surface area contributed by atoms with Crippen molar-refractivity contribution in [2.75, 3.05) is 6.54 Å². The summed E-state index contributed by atoms with van der Waals surface area (Å²) in [5, 5.41) is 4.27. The number of aromatic amines is 1. The number of aryl methyl sites for hydroxylation is 2. The molecule has 1 unspecified atom stereocenters. The van der Waals surface area contributed by atoms with Gasteiger partial charge in [0.15, 0.2) is 0 Å². The Morgan fingerprint density at radius 3 is 3.24 bits per heavy atom. The molecule has 0 saturated carbocycles. The lowest BCUT2D eigenvalue weighted by Gasteiger charge is -2.31. The highest BCUT2D eigenvalue weighted by molar-refractivity contribution is 5.79. The zero-order chi connectivity index (χ0) is 14.4. The smallest absolute Gasteiger partial charge is 0.226 e. The molecule has 6 heteroatoms. The Morgan fingerprint density at radius 2 is 2.33 bits per heavy atom. The van der Waals surface area contributed by atoms with Crippen molar-refractivity contribution in [2.45, 2.75) is 39.3 Å². The van der Waals surface area contributed by atoms with E-state index in [0.717, 1.165) is 49.6 Å². The van der Waals surface area contributed by atoms with Crippen molar-refractivity contribution in [3.63, 3.8) is 0 Å². The zero-order valence-corrected chi connectivity index (χ0v) is 12.2. The zero-order valence-electron chi connectivity index (χ0n) is 12.2. The highest BCUT2D eigenvalue weighted by Gasteiger charge is 2.31. The predicted octanol–water partition coefficient (Wildman–Crippen LogP) is 1.06. The van der Waals surface area contributed by atoms with Crippen molar-refractivity contribution in [2.24, 2.45) is 5.92 Å². The van der Waals surface area contributed by atoms with Crippen LogP contribution in [0.4, 0.5) is 0 Å². The Morgan fingerprint density at radius 1 is 1.43 bits per heavy atom. The second-order valence-electron chi connectivity index (χ2n) is 5.99. The molecule has 4 heterocycles. The Balaban J connectivity index is 1.49. The third-order valence-electron chi connectivity index (χ3n) is 4.56. The number of aromatic nitrogens is 4. The number of carbonyl (C=O) groups excluding carboxylic acids is 1. The van der Waals surface area contributed by atoms with Gasteiger partial charge >= 0.3 is 0 Å². The predicted molar refractivity (Wildman–Crippen MR) is 76.5 cm³/mol. The van der Waals surface area contributed by atoms with Crippen molar-refractivity contribution in [3.8, 4) is 0 Å². The van der Waals surface area contributed by atoms with Gasteiger partial charge in [-0.25, -0.2) is 4.98 Å². The van der Waals surface area contributed by atoms with Gasteiger partial charge in [0.05, 0.1) is 17.9 Å². The van der Waals surface area contributed by atoms with Crippen LogP contribution in [-0.4, -0.2) is 37.1 Å². The number of H-pyrrole nitrogens is 1. The third-order valence-corrected chi connectivity index (χ3v) is 4.56. The highest BCUT2D eigenvalue weighted by atomic mass is 16.2. The second-order valence-corrected chi connectivity index (χ2v) is 5.99. The number of carbonyl (C=O) groups is 1. The minimum absolute atomic E-state index is 0.0970. The van der Waals surface area contributed by atoms with Crippen molar-refractivity contribution in [1.29, 1.82) is 0 Å². The maximum atomic E-state index is 12.8. The average molecular weight is 285 g/mol.